The topological polar surface area (TPSA) is 121 Å². The molecule has 0 radical (unpaired) electrons. The molecule has 2 aliphatic heterocycles. The van der Waals surface area contributed by atoms with Gasteiger partial charge in [-0.2, -0.15) is 10.4 Å². The highest BCUT2D eigenvalue weighted by atomic mass is 31.2. The van der Waals surface area contributed by atoms with Gasteiger partial charge in [-0.3, -0.25) is 13.6 Å². The van der Waals surface area contributed by atoms with Gasteiger partial charge in [0.2, 0.25) is 0 Å². The summed E-state index contributed by atoms with van der Waals surface area (Å²) >= 11 is 0. The predicted octanol–water partition coefficient (Wildman–Crippen LogP) is 3.47. The minimum Gasteiger partial charge on any atom is -0.397 e. The highest BCUT2D eigenvalue weighted by molar-refractivity contribution is 7.48. The van der Waals surface area contributed by atoms with Gasteiger partial charge in [0.15, 0.2) is 0 Å². The van der Waals surface area contributed by atoms with Crippen LogP contribution in [-0.4, -0.2) is 35.0 Å². The van der Waals surface area contributed by atoms with Gasteiger partial charge >= 0.3 is 7.82 Å². The average molecular weight is 420 g/mol. The van der Waals surface area contributed by atoms with Crippen molar-refractivity contribution in [1.29, 1.82) is 5.26 Å². The Labute approximate surface area is 169 Å². The van der Waals surface area contributed by atoms with E-state index in [1.54, 1.807) is 23.7 Å². The molecule has 156 valence electrons. The molecule has 2 saturated heterocycles. The molecule has 2 aromatic rings. The first kappa shape index (κ1) is 20.3. The molecule has 2 N–H and O–H groups in total. The van der Waals surface area contributed by atoms with E-state index in [0.717, 1.165) is 5.52 Å². The van der Waals surface area contributed by atoms with Crippen LogP contribution < -0.4 is 5.73 Å². The summed E-state index contributed by atoms with van der Waals surface area (Å²) in [4.78, 5) is 0. The lowest BCUT2D eigenvalue weighted by atomic mass is 9.79. The fourth-order valence-electron chi connectivity index (χ4n) is 3.66. The van der Waals surface area contributed by atoms with Gasteiger partial charge < -0.3 is 10.5 Å². The van der Waals surface area contributed by atoms with E-state index in [1.165, 1.54) is 0 Å². The summed E-state index contributed by atoms with van der Waals surface area (Å²) in [5.41, 5.74) is 6.63. The predicted molar refractivity (Wildman–Crippen MR) is 105 cm³/mol. The summed E-state index contributed by atoms with van der Waals surface area (Å²) in [6.45, 7) is 7.80. The number of ether oxygens (including phenoxy) is 1. The van der Waals surface area contributed by atoms with Crippen molar-refractivity contribution >= 4 is 19.0 Å². The summed E-state index contributed by atoms with van der Waals surface area (Å²) in [6, 6.07) is 7.67. The highest BCUT2D eigenvalue weighted by Gasteiger charge is 2.61. The van der Waals surface area contributed by atoms with Crippen LogP contribution in [0.5, 0.6) is 0 Å². The molecule has 29 heavy (non-hydrogen) atoms. The highest BCUT2D eigenvalue weighted by Crippen LogP contribution is 2.62. The molecule has 0 spiro atoms. The van der Waals surface area contributed by atoms with E-state index in [9.17, 15) is 9.83 Å². The number of rotatable bonds is 3. The zero-order valence-corrected chi connectivity index (χ0v) is 17.8. The van der Waals surface area contributed by atoms with Crippen LogP contribution >= 0.6 is 7.82 Å². The van der Waals surface area contributed by atoms with Crippen molar-refractivity contribution in [1.82, 2.24) is 9.61 Å². The first-order valence-corrected chi connectivity index (χ1v) is 10.9. The van der Waals surface area contributed by atoms with Crippen LogP contribution in [-0.2, 0) is 22.9 Å². The lowest BCUT2D eigenvalue weighted by Crippen LogP contribution is -2.42. The molecule has 0 amide bonds. The summed E-state index contributed by atoms with van der Waals surface area (Å²) in [7, 11) is -3.81. The van der Waals surface area contributed by atoms with Gasteiger partial charge in [0.05, 0.1) is 36.2 Å². The third kappa shape index (κ3) is 3.45. The SMILES string of the molecule is CC(C)(C)CO[P@@]1(=O)OC[C@H]2O[C@@H](c3ccc4c(N)ccnn34)[C@](C)(C#N)[C@@H]2O1. The van der Waals surface area contributed by atoms with Crippen molar-refractivity contribution in [3.63, 3.8) is 0 Å². The normalized spacial score (nSPS) is 34.8. The van der Waals surface area contributed by atoms with E-state index in [2.05, 4.69) is 11.2 Å². The van der Waals surface area contributed by atoms with Crippen LogP contribution in [0.3, 0.4) is 0 Å². The number of aromatic nitrogens is 2. The van der Waals surface area contributed by atoms with Gasteiger partial charge in [0.25, 0.3) is 0 Å². The number of hydrogen-bond donors (Lipinski definition) is 1. The average Bonchev–Trinajstić information content (AvgIpc) is 3.20. The largest absolute Gasteiger partial charge is 0.475 e. The van der Waals surface area contributed by atoms with Gasteiger partial charge in [-0.1, -0.05) is 20.8 Å². The molecule has 2 fully saturated rings. The molecular weight excluding hydrogens is 395 g/mol. The van der Waals surface area contributed by atoms with Gasteiger partial charge in [0.1, 0.15) is 23.7 Å². The Morgan fingerprint density at radius 3 is 2.90 bits per heavy atom. The Bertz CT molecular complexity index is 1030. The molecule has 0 bridgehead atoms. The third-order valence-corrected chi connectivity index (χ3v) is 6.60. The molecule has 0 aliphatic carbocycles. The quantitative estimate of drug-likeness (QED) is 0.749. The summed E-state index contributed by atoms with van der Waals surface area (Å²) in [5.74, 6) is 0. The van der Waals surface area contributed by atoms with Gasteiger partial charge in [-0.05, 0) is 30.5 Å². The Hall–Kier alpha value is -1.95. The lowest BCUT2D eigenvalue weighted by molar-refractivity contribution is -0.0634. The maximum Gasteiger partial charge on any atom is 0.475 e. The van der Waals surface area contributed by atoms with Crippen LogP contribution in [0, 0.1) is 22.2 Å². The fraction of sp³-hybridized carbons (Fsp3) is 0.579. The smallest absolute Gasteiger partial charge is 0.397 e. The lowest BCUT2D eigenvalue weighted by Gasteiger charge is -2.35. The minimum atomic E-state index is -3.81. The molecule has 2 aromatic heterocycles. The maximum atomic E-state index is 13.0. The van der Waals surface area contributed by atoms with E-state index >= 15 is 0 Å². The van der Waals surface area contributed by atoms with Gasteiger partial charge in [-0.25, -0.2) is 9.08 Å². The second-order valence-electron chi connectivity index (χ2n) is 8.89. The molecule has 2 aliphatic rings. The molecule has 4 rings (SSSR count). The number of nitrogen functional groups attached to an aromatic ring is 1. The number of phosphoric ester groups is 1. The monoisotopic (exact) mass is 420 g/mol. The molecule has 0 saturated carbocycles. The Morgan fingerprint density at radius 1 is 1.45 bits per heavy atom. The molecule has 5 atom stereocenters. The minimum absolute atomic E-state index is 0.0126. The molecule has 10 heteroatoms. The van der Waals surface area contributed by atoms with Crippen LogP contribution in [0.1, 0.15) is 39.5 Å². The third-order valence-electron chi connectivity index (χ3n) is 5.21. The Morgan fingerprint density at radius 2 is 2.21 bits per heavy atom. The second-order valence-corrected chi connectivity index (χ2v) is 10.5. The standard InChI is InChI=1S/C19H25N4O5P/c1-18(2,3)11-26-29(24)25-9-15-17(28-29)19(4,10-20)16(27-15)14-6-5-13-12(21)7-8-22-23(13)14/h5-8,15-17H,9,11,21H2,1-4H3/t15-,16+,17-,19+,29-/m1/s1. The van der Waals surface area contributed by atoms with Gasteiger partial charge in [0, 0.05) is 6.20 Å². The summed E-state index contributed by atoms with van der Waals surface area (Å²) in [5, 5.41) is 14.4. The van der Waals surface area contributed by atoms with Crippen molar-refractivity contribution in [3.8, 4) is 6.07 Å². The van der Waals surface area contributed by atoms with Crippen molar-refractivity contribution in [3.05, 3.63) is 30.1 Å². The Kier molecular flexibility index (Phi) is 4.76. The first-order chi connectivity index (χ1) is 13.6. The molecule has 0 aromatic carbocycles. The van der Waals surface area contributed by atoms with Crippen molar-refractivity contribution < 1.29 is 22.9 Å². The summed E-state index contributed by atoms with van der Waals surface area (Å²) in [6.07, 6.45) is -0.414. The number of nitriles is 1. The number of nitrogens with two attached hydrogens (primary N) is 1. The van der Waals surface area contributed by atoms with Crippen LogP contribution in [0.2, 0.25) is 0 Å². The zero-order valence-electron chi connectivity index (χ0n) is 16.9. The van der Waals surface area contributed by atoms with Crippen LogP contribution in [0.4, 0.5) is 5.69 Å². The van der Waals surface area contributed by atoms with Crippen molar-refractivity contribution in [2.24, 2.45) is 10.8 Å². The van der Waals surface area contributed by atoms with E-state index < -0.39 is 31.5 Å². The van der Waals surface area contributed by atoms with E-state index in [0.29, 0.717) is 11.4 Å². The number of nitrogens with zero attached hydrogens (tertiary/aromatic N) is 3. The molecule has 9 nitrogen and oxygen atoms in total. The summed E-state index contributed by atoms with van der Waals surface area (Å²) < 4.78 is 37.5. The zero-order chi connectivity index (χ0) is 21.0. The van der Waals surface area contributed by atoms with E-state index in [4.69, 9.17) is 24.0 Å². The first-order valence-electron chi connectivity index (χ1n) is 9.43. The number of hydrogen-bond acceptors (Lipinski definition) is 8. The molecule has 4 heterocycles. The second kappa shape index (κ2) is 6.79. The fourth-order valence-corrected chi connectivity index (χ4v) is 5.36. The Balaban J connectivity index is 1.66. The van der Waals surface area contributed by atoms with E-state index in [-0.39, 0.29) is 18.6 Å². The number of anilines is 1. The maximum absolute atomic E-state index is 13.0. The molecule has 0 unspecified atom stereocenters. The van der Waals surface area contributed by atoms with Crippen LogP contribution in [0.25, 0.3) is 5.52 Å². The number of fused-ring (bicyclic) bond motifs is 2. The number of phosphoric acid groups is 1. The van der Waals surface area contributed by atoms with Crippen molar-refractivity contribution in [2.45, 2.75) is 46.0 Å². The molecular formula is C19H25N4O5P. The van der Waals surface area contributed by atoms with E-state index in [1.807, 2.05) is 32.9 Å². The van der Waals surface area contributed by atoms with Gasteiger partial charge in [-0.15, -0.1) is 0 Å². The van der Waals surface area contributed by atoms with Crippen LogP contribution in [0.15, 0.2) is 24.4 Å². The van der Waals surface area contributed by atoms with Crippen molar-refractivity contribution in [2.75, 3.05) is 18.9 Å².